The molecule has 4 aliphatic carbocycles. The molecule has 31 heavy (non-hydrogen) atoms. The standard InChI is InChI=1S/C23H28ClN5OS/c24-18-3-1-14(2-4-18)12-29(21(30)13-31-22-27-19(25)8-20(26)28-22)23-9-15-5-16(10-23)7-17(6-15)11-23/h1-4,8,15-17H,5-7,9-13H2,(H4,25,26,27,28). The molecule has 0 spiro atoms. The third-order valence-corrected chi connectivity index (χ3v) is 8.29. The van der Waals surface area contributed by atoms with Crippen molar-refractivity contribution in [2.24, 2.45) is 17.8 Å². The predicted molar refractivity (Wildman–Crippen MR) is 124 cm³/mol. The number of rotatable bonds is 6. The zero-order chi connectivity index (χ0) is 21.6. The first-order chi connectivity index (χ1) is 14.9. The molecule has 4 bridgehead atoms. The number of nitrogen functional groups attached to an aromatic ring is 2. The zero-order valence-corrected chi connectivity index (χ0v) is 19.0. The van der Waals surface area contributed by atoms with Gasteiger partial charge < -0.3 is 16.4 Å². The second kappa shape index (κ2) is 8.17. The Kier molecular flexibility index (Phi) is 5.51. The number of hydrogen-bond donors (Lipinski definition) is 2. The van der Waals surface area contributed by atoms with Gasteiger partial charge in [0.25, 0.3) is 0 Å². The van der Waals surface area contributed by atoms with Gasteiger partial charge in [-0.2, -0.15) is 0 Å². The van der Waals surface area contributed by atoms with Gasteiger partial charge in [-0.1, -0.05) is 35.5 Å². The van der Waals surface area contributed by atoms with Crippen molar-refractivity contribution in [2.75, 3.05) is 17.2 Å². The van der Waals surface area contributed by atoms with Gasteiger partial charge in [-0.25, -0.2) is 9.97 Å². The van der Waals surface area contributed by atoms with Gasteiger partial charge in [0.15, 0.2) is 5.16 Å². The number of thioether (sulfide) groups is 1. The lowest BCUT2D eigenvalue weighted by Gasteiger charge is -2.60. The average molecular weight is 458 g/mol. The fourth-order valence-corrected chi connectivity index (χ4v) is 7.29. The summed E-state index contributed by atoms with van der Waals surface area (Å²) in [5.41, 5.74) is 12.7. The minimum Gasteiger partial charge on any atom is -0.383 e. The van der Waals surface area contributed by atoms with Gasteiger partial charge in [-0.15, -0.1) is 0 Å². The summed E-state index contributed by atoms with van der Waals surface area (Å²) < 4.78 is 0. The van der Waals surface area contributed by atoms with Gasteiger partial charge >= 0.3 is 0 Å². The quantitative estimate of drug-likeness (QED) is 0.493. The molecule has 6 rings (SSSR count). The van der Waals surface area contributed by atoms with Crippen molar-refractivity contribution < 1.29 is 4.79 Å². The molecular formula is C23H28ClN5OS. The molecule has 1 heterocycles. The zero-order valence-electron chi connectivity index (χ0n) is 17.5. The van der Waals surface area contributed by atoms with Crippen LogP contribution in [0.5, 0.6) is 0 Å². The molecule has 4 saturated carbocycles. The Labute approximate surface area is 192 Å². The molecule has 1 amide bonds. The summed E-state index contributed by atoms with van der Waals surface area (Å²) in [6.45, 7) is 0.614. The third-order valence-electron chi connectivity index (χ3n) is 7.20. The van der Waals surface area contributed by atoms with E-state index in [2.05, 4.69) is 14.9 Å². The van der Waals surface area contributed by atoms with Crippen LogP contribution in [0.1, 0.15) is 44.1 Å². The molecule has 1 aromatic heterocycles. The van der Waals surface area contributed by atoms with Crippen molar-refractivity contribution in [1.29, 1.82) is 0 Å². The van der Waals surface area contributed by atoms with Crippen LogP contribution >= 0.6 is 23.4 Å². The Balaban J connectivity index is 1.39. The average Bonchev–Trinajstić information content (AvgIpc) is 2.70. The van der Waals surface area contributed by atoms with Crippen LogP contribution in [0, 0.1) is 17.8 Å². The molecule has 0 unspecified atom stereocenters. The number of nitrogens with two attached hydrogens (primary N) is 2. The van der Waals surface area contributed by atoms with E-state index in [1.165, 1.54) is 37.1 Å². The Hall–Kier alpha value is -1.99. The van der Waals surface area contributed by atoms with Crippen LogP contribution in [0.15, 0.2) is 35.5 Å². The third kappa shape index (κ3) is 4.35. The molecule has 4 fully saturated rings. The summed E-state index contributed by atoms with van der Waals surface area (Å²) in [6.07, 6.45) is 7.41. The van der Waals surface area contributed by atoms with E-state index in [0.29, 0.717) is 28.4 Å². The highest BCUT2D eigenvalue weighted by molar-refractivity contribution is 7.99. The largest absolute Gasteiger partial charge is 0.383 e. The van der Waals surface area contributed by atoms with Crippen molar-refractivity contribution in [3.63, 3.8) is 0 Å². The van der Waals surface area contributed by atoms with Crippen molar-refractivity contribution in [3.8, 4) is 0 Å². The van der Waals surface area contributed by atoms with E-state index >= 15 is 0 Å². The summed E-state index contributed by atoms with van der Waals surface area (Å²) in [5, 5.41) is 1.16. The van der Waals surface area contributed by atoms with E-state index in [1.54, 1.807) is 0 Å². The maximum atomic E-state index is 13.6. The normalized spacial score (nSPS) is 28.6. The molecule has 0 atom stereocenters. The van der Waals surface area contributed by atoms with Crippen LogP contribution in [-0.2, 0) is 11.3 Å². The maximum Gasteiger partial charge on any atom is 0.233 e. The van der Waals surface area contributed by atoms with Gasteiger partial charge in [-0.05, 0) is 74.0 Å². The predicted octanol–water partition coefficient (Wildman–Crippen LogP) is 4.38. The summed E-state index contributed by atoms with van der Waals surface area (Å²) >= 11 is 7.40. The second-order valence-electron chi connectivity index (χ2n) is 9.54. The first-order valence-electron chi connectivity index (χ1n) is 11.0. The lowest BCUT2D eigenvalue weighted by atomic mass is 9.52. The van der Waals surface area contributed by atoms with Crippen LogP contribution < -0.4 is 11.5 Å². The SMILES string of the molecule is Nc1cc(N)nc(SCC(=O)N(Cc2ccc(Cl)cc2)C23CC4CC(CC(C4)C2)C3)n1. The van der Waals surface area contributed by atoms with E-state index in [4.69, 9.17) is 23.1 Å². The van der Waals surface area contributed by atoms with Crippen LogP contribution in [0.4, 0.5) is 11.6 Å². The molecule has 0 aliphatic heterocycles. The number of amides is 1. The molecular weight excluding hydrogens is 430 g/mol. The Morgan fingerprint density at radius 3 is 2.13 bits per heavy atom. The van der Waals surface area contributed by atoms with Crippen LogP contribution in [-0.4, -0.2) is 32.1 Å². The van der Waals surface area contributed by atoms with Gasteiger partial charge in [0, 0.05) is 23.2 Å². The van der Waals surface area contributed by atoms with Crippen LogP contribution in [0.2, 0.25) is 5.02 Å². The number of anilines is 2. The lowest BCUT2D eigenvalue weighted by Crippen LogP contribution is -2.61. The minimum absolute atomic E-state index is 0.0262. The Bertz CT molecular complexity index is 927. The number of carbonyl (C=O) groups is 1. The summed E-state index contributed by atoms with van der Waals surface area (Å²) in [4.78, 5) is 24.2. The molecule has 2 aromatic rings. The highest BCUT2D eigenvalue weighted by atomic mass is 35.5. The number of hydrogen-bond acceptors (Lipinski definition) is 6. The Morgan fingerprint density at radius 1 is 1.03 bits per heavy atom. The first kappa shape index (κ1) is 20.9. The van der Waals surface area contributed by atoms with Crippen molar-refractivity contribution in [2.45, 2.75) is 55.8 Å². The fourth-order valence-electron chi connectivity index (χ4n) is 6.42. The molecule has 4 N–H and O–H groups in total. The first-order valence-corrected chi connectivity index (χ1v) is 12.3. The molecule has 6 nitrogen and oxygen atoms in total. The number of halogens is 1. The minimum atomic E-state index is -0.0262. The highest BCUT2D eigenvalue weighted by Crippen LogP contribution is 2.58. The lowest BCUT2D eigenvalue weighted by molar-refractivity contribution is -0.149. The van der Waals surface area contributed by atoms with E-state index in [0.717, 1.165) is 42.6 Å². The molecule has 4 aliphatic rings. The molecule has 0 saturated heterocycles. The summed E-state index contributed by atoms with van der Waals surface area (Å²) in [7, 11) is 0. The van der Waals surface area contributed by atoms with E-state index in [9.17, 15) is 4.79 Å². The van der Waals surface area contributed by atoms with Crippen molar-refractivity contribution >= 4 is 40.9 Å². The summed E-state index contributed by atoms with van der Waals surface area (Å²) in [6, 6.07) is 9.37. The number of carbonyl (C=O) groups excluding carboxylic acids is 1. The number of benzene rings is 1. The number of nitrogens with zero attached hydrogens (tertiary/aromatic N) is 3. The fraction of sp³-hybridized carbons (Fsp3) is 0.522. The molecule has 8 heteroatoms. The molecule has 0 radical (unpaired) electrons. The van der Waals surface area contributed by atoms with Crippen molar-refractivity contribution in [3.05, 3.63) is 40.9 Å². The van der Waals surface area contributed by atoms with Gasteiger partial charge in [0.2, 0.25) is 5.91 Å². The molecule has 164 valence electrons. The van der Waals surface area contributed by atoms with E-state index < -0.39 is 0 Å². The highest BCUT2D eigenvalue weighted by Gasteiger charge is 2.54. The maximum absolute atomic E-state index is 13.6. The Morgan fingerprint density at radius 2 is 1.58 bits per heavy atom. The summed E-state index contributed by atoms with van der Waals surface area (Å²) in [5.74, 6) is 3.33. The van der Waals surface area contributed by atoms with Crippen molar-refractivity contribution in [1.82, 2.24) is 14.9 Å². The van der Waals surface area contributed by atoms with E-state index in [-0.39, 0.29) is 17.2 Å². The number of aromatic nitrogens is 2. The topological polar surface area (TPSA) is 98.1 Å². The van der Waals surface area contributed by atoms with Gasteiger partial charge in [0.1, 0.15) is 11.6 Å². The van der Waals surface area contributed by atoms with Crippen LogP contribution in [0.3, 0.4) is 0 Å². The van der Waals surface area contributed by atoms with Gasteiger partial charge in [-0.3, -0.25) is 4.79 Å². The van der Waals surface area contributed by atoms with E-state index in [1.807, 2.05) is 24.3 Å². The second-order valence-corrected chi connectivity index (χ2v) is 10.9. The molecule has 1 aromatic carbocycles. The smallest absolute Gasteiger partial charge is 0.233 e. The van der Waals surface area contributed by atoms with Crippen LogP contribution in [0.25, 0.3) is 0 Å². The monoisotopic (exact) mass is 457 g/mol. The van der Waals surface area contributed by atoms with Gasteiger partial charge in [0.05, 0.1) is 5.75 Å².